The third-order valence-corrected chi connectivity index (χ3v) is 2.96. The van der Waals surface area contributed by atoms with Crippen LogP contribution < -0.4 is 15.4 Å². The Morgan fingerprint density at radius 2 is 2.10 bits per heavy atom. The van der Waals surface area contributed by atoms with E-state index in [1.165, 1.54) is 12.1 Å². The molecule has 1 aromatic carbocycles. The fraction of sp³-hybridized carbons (Fsp3) is 0.385. The van der Waals surface area contributed by atoms with E-state index in [0.717, 1.165) is 5.56 Å². The summed E-state index contributed by atoms with van der Waals surface area (Å²) in [6.07, 6.45) is 0.201. The molecule has 0 aliphatic carbocycles. The number of hydrogen-bond acceptors (Lipinski definition) is 3. The second-order valence-corrected chi connectivity index (χ2v) is 4.45. The van der Waals surface area contributed by atoms with Gasteiger partial charge in [0.25, 0.3) is 0 Å². The summed E-state index contributed by atoms with van der Waals surface area (Å²) in [6.45, 7) is -2.22. The molecule has 2 N–H and O–H groups in total. The third-order valence-electron chi connectivity index (χ3n) is 2.96. The normalized spacial score (nSPS) is 17.9. The van der Waals surface area contributed by atoms with Crippen LogP contribution in [-0.4, -0.2) is 25.0 Å². The molecule has 1 atom stereocenters. The van der Waals surface area contributed by atoms with Crippen molar-refractivity contribution in [1.29, 1.82) is 0 Å². The molecule has 5 nitrogen and oxygen atoms in total. The van der Waals surface area contributed by atoms with Crippen LogP contribution in [0.4, 0.5) is 8.78 Å². The minimum atomic E-state index is -2.85. The minimum absolute atomic E-state index is 0.0701. The standard InChI is InChI=1S/C13H14F2N2O3/c14-13(15)20-10-3-1-8(2-4-10)6-17-12(19)9-5-11(18)16-7-9/h1-4,9,13H,5-7H2,(H,16,18)(H,17,19). The smallest absolute Gasteiger partial charge is 0.387 e. The Balaban J connectivity index is 1.81. The first-order chi connectivity index (χ1) is 9.54. The van der Waals surface area contributed by atoms with E-state index in [0.29, 0.717) is 6.54 Å². The highest BCUT2D eigenvalue weighted by molar-refractivity contribution is 5.89. The molecule has 1 unspecified atom stereocenters. The van der Waals surface area contributed by atoms with Crippen molar-refractivity contribution in [3.8, 4) is 5.75 Å². The summed E-state index contributed by atoms with van der Waals surface area (Å²) in [5, 5.41) is 5.29. The van der Waals surface area contributed by atoms with Crippen LogP contribution >= 0.6 is 0 Å². The van der Waals surface area contributed by atoms with Crippen molar-refractivity contribution in [1.82, 2.24) is 10.6 Å². The van der Waals surface area contributed by atoms with Crippen LogP contribution in [0.15, 0.2) is 24.3 Å². The highest BCUT2D eigenvalue weighted by Gasteiger charge is 2.27. The molecule has 0 bridgehead atoms. The number of carbonyl (C=O) groups excluding carboxylic acids is 2. The summed E-state index contributed by atoms with van der Waals surface area (Å²) < 4.78 is 28.2. The van der Waals surface area contributed by atoms with Crippen molar-refractivity contribution in [3.63, 3.8) is 0 Å². The minimum Gasteiger partial charge on any atom is -0.435 e. The van der Waals surface area contributed by atoms with Crippen molar-refractivity contribution in [2.75, 3.05) is 6.54 Å². The van der Waals surface area contributed by atoms with E-state index < -0.39 is 6.61 Å². The van der Waals surface area contributed by atoms with Gasteiger partial charge in [-0.2, -0.15) is 8.78 Å². The summed E-state index contributed by atoms with van der Waals surface area (Å²) in [5.41, 5.74) is 0.761. The Hall–Kier alpha value is -2.18. The highest BCUT2D eigenvalue weighted by Crippen LogP contribution is 2.15. The Morgan fingerprint density at radius 1 is 1.40 bits per heavy atom. The van der Waals surface area contributed by atoms with E-state index in [-0.39, 0.29) is 36.4 Å². The van der Waals surface area contributed by atoms with Crippen molar-refractivity contribution < 1.29 is 23.1 Å². The van der Waals surface area contributed by atoms with Crippen molar-refractivity contribution in [2.24, 2.45) is 5.92 Å². The Bertz CT molecular complexity index is 491. The van der Waals surface area contributed by atoms with Gasteiger partial charge in [0, 0.05) is 19.5 Å². The van der Waals surface area contributed by atoms with Gasteiger partial charge in [-0.05, 0) is 17.7 Å². The lowest BCUT2D eigenvalue weighted by Crippen LogP contribution is -2.31. The molecule has 2 amide bonds. The summed E-state index contributed by atoms with van der Waals surface area (Å²) >= 11 is 0. The molecule has 1 heterocycles. The number of amides is 2. The Kier molecular flexibility index (Phi) is 4.49. The van der Waals surface area contributed by atoms with Crippen LogP contribution in [-0.2, 0) is 16.1 Å². The van der Waals surface area contributed by atoms with Gasteiger partial charge in [0.1, 0.15) is 5.75 Å². The molecule has 20 heavy (non-hydrogen) atoms. The molecule has 108 valence electrons. The lowest BCUT2D eigenvalue weighted by molar-refractivity contribution is -0.126. The van der Waals surface area contributed by atoms with Gasteiger partial charge >= 0.3 is 6.61 Å². The molecule has 1 aliphatic heterocycles. The van der Waals surface area contributed by atoms with Crippen LogP contribution in [0.2, 0.25) is 0 Å². The maximum Gasteiger partial charge on any atom is 0.387 e. The molecular formula is C13H14F2N2O3. The van der Waals surface area contributed by atoms with E-state index in [1.54, 1.807) is 12.1 Å². The van der Waals surface area contributed by atoms with E-state index >= 15 is 0 Å². The number of ether oxygens (including phenoxy) is 1. The lowest BCUT2D eigenvalue weighted by atomic mass is 10.1. The molecule has 0 aromatic heterocycles. The monoisotopic (exact) mass is 284 g/mol. The molecule has 7 heteroatoms. The zero-order valence-corrected chi connectivity index (χ0v) is 10.6. The first kappa shape index (κ1) is 14.2. The molecule has 1 fully saturated rings. The molecule has 1 aromatic rings. The van der Waals surface area contributed by atoms with Gasteiger partial charge in [-0.25, -0.2) is 0 Å². The Morgan fingerprint density at radius 3 is 2.65 bits per heavy atom. The van der Waals surface area contributed by atoms with Gasteiger partial charge in [-0.1, -0.05) is 12.1 Å². The fourth-order valence-electron chi connectivity index (χ4n) is 1.91. The Labute approximate surface area is 114 Å². The lowest BCUT2D eigenvalue weighted by Gasteiger charge is -2.10. The van der Waals surface area contributed by atoms with Gasteiger partial charge in [0.05, 0.1) is 5.92 Å². The molecule has 1 aliphatic rings. The van der Waals surface area contributed by atoms with Crippen LogP contribution in [0, 0.1) is 5.92 Å². The van der Waals surface area contributed by atoms with Crippen molar-refractivity contribution >= 4 is 11.8 Å². The van der Waals surface area contributed by atoms with Gasteiger partial charge < -0.3 is 15.4 Å². The molecule has 2 rings (SSSR count). The number of carbonyl (C=O) groups is 2. The number of halogens is 2. The van der Waals surface area contributed by atoms with E-state index in [4.69, 9.17) is 0 Å². The number of rotatable bonds is 5. The summed E-state index contributed by atoms with van der Waals surface area (Å²) in [4.78, 5) is 22.7. The summed E-state index contributed by atoms with van der Waals surface area (Å²) in [5.74, 6) is -0.598. The molecule has 0 radical (unpaired) electrons. The molecule has 0 spiro atoms. The summed E-state index contributed by atoms with van der Waals surface area (Å²) in [7, 11) is 0. The predicted molar refractivity (Wildman–Crippen MR) is 66.0 cm³/mol. The molecule has 0 saturated carbocycles. The molecule has 1 saturated heterocycles. The second-order valence-electron chi connectivity index (χ2n) is 4.45. The maximum atomic E-state index is 12.0. The number of hydrogen-bond donors (Lipinski definition) is 2. The zero-order chi connectivity index (χ0) is 14.5. The quantitative estimate of drug-likeness (QED) is 0.849. The van der Waals surface area contributed by atoms with Gasteiger partial charge in [-0.3, -0.25) is 9.59 Å². The highest BCUT2D eigenvalue weighted by atomic mass is 19.3. The van der Waals surface area contributed by atoms with Crippen molar-refractivity contribution in [3.05, 3.63) is 29.8 Å². The van der Waals surface area contributed by atoms with Crippen LogP contribution in [0.3, 0.4) is 0 Å². The van der Waals surface area contributed by atoms with E-state index in [9.17, 15) is 18.4 Å². The van der Waals surface area contributed by atoms with Gasteiger partial charge in [0.15, 0.2) is 0 Å². The average Bonchev–Trinajstić information content (AvgIpc) is 2.84. The SMILES string of the molecule is O=C1CC(C(=O)NCc2ccc(OC(F)F)cc2)CN1. The maximum absolute atomic E-state index is 12.0. The fourth-order valence-corrected chi connectivity index (χ4v) is 1.91. The summed E-state index contributed by atoms with van der Waals surface area (Å²) in [6, 6.07) is 6.01. The number of nitrogens with one attached hydrogen (secondary N) is 2. The number of benzene rings is 1. The van der Waals surface area contributed by atoms with Crippen molar-refractivity contribution in [2.45, 2.75) is 19.6 Å². The zero-order valence-electron chi connectivity index (χ0n) is 10.6. The van der Waals surface area contributed by atoms with Crippen LogP contribution in [0.1, 0.15) is 12.0 Å². The van der Waals surface area contributed by atoms with E-state index in [2.05, 4.69) is 15.4 Å². The van der Waals surface area contributed by atoms with Crippen LogP contribution in [0.25, 0.3) is 0 Å². The first-order valence-electron chi connectivity index (χ1n) is 6.13. The van der Waals surface area contributed by atoms with Gasteiger partial charge in [0.2, 0.25) is 11.8 Å². The third kappa shape index (κ3) is 3.91. The molecular weight excluding hydrogens is 270 g/mol. The van der Waals surface area contributed by atoms with Crippen LogP contribution in [0.5, 0.6) is 5.75 Å². The first-order valence-corrected chi connectivity index (χ1v) is 6.13. The number of alkyl halides is 2. The topological polar surface area (TPSA) is 67.4 Å². The predicted octanol–water partition coefficient (Wildman–Crippen LogP) is 1.04. The average molecular weight is 284 g/mol. The van der Waals surface area contributed by atoms with Gasteiger partial charge in [-0.15, -0.1) is 0 Å². The largest absolute Gasteiger partial charge is 0.435 e. The second kappa shape index (κ2) is 6.31. The van der Waals surface area contributed by atoms with E-state index in [1.807, 2.05) is 0 Å².